The minimum absolute atomic E-state index is 0.207. The Labute approximate surface area is 87.6 Å². The molecule has 0 aliphatic carbocycles. The molecule has 0 saturated carbocycles. The van der Waals surface area contributed by atoms with Gasteiger partial charge in [-0.3, -0.25) is 4.79 Å². The van der Waals surface area contributed by atoms with Gasteiger partial charge in [0.05, 0.1) is 0 Å². The zero-order valence-corrected chi connectivity index (χ0v) is 9.47. The third-order valence-corrected chi connectivity index (χ3v) is 1.88. The summed E-state index contributed by atoms with van der Waals surface area (Å²) in [6, 6.07) is 0. The molecule has 0 amide bonds. The molecule has 0 unspecified atom stereocenters. The van der Waals surface area contributed by atoms with Crippen LogP contribution in [-0.2, 0) is 4.79 Å². The van der Waals surface area contributed by atoms with Crippen LogP contribution in [0.4, 0.5) is 0 Å². The highest BCUT2D eigenvalue weighted by molar-refractivity contribution is 5.90. The first-order valence-electron chi connectivity index (χ1n) is 5.19. The normalized spacial score (nSPS) is 11.5. The molecular formula is C13H20O. The predicted octanol–water partition coefficient (Wildman–Crippen LogP) is 3.35. The summed E-state index contributed by atoms with van der Waals surface area (Å²) in [7, 11) is 0. The molecular weight excluding hydrogens is 172 g/mol. The summed E-state index contributed by atoms with van der Waals surface area (Å²) >= 11 is 0. The lowest BCUT2D eigenvalue weighted by molar-refractivity contribution is -0.114. The van der Waals surface area contributed by atoms with Crippen LogP contribution < -0.4 is 0 Å². The highest BCUT2D eigenvalue weighted by atomic mass is 16.1. The standard InChI is InChI=1S/C13H20O/c1-5-6-7-8-13(14)10-12(4)9-11(2)3/h1,10-11H,6-9H2,2-4H3/b12-10+. The smallest absolute Gasteiger partial charge is 0.155 e. The first kappa shape index (κ1) is 13.0. The van der Waals surface area contributed by atoms with E-state index in [1.165, 1.54) is 5.57 Å². The van der Waals surface area contributed by atoms with Crippen LogP contribution in [0.15, 0.2) is 11.6 Å². The van der Waals surface area contributed by atoms with Crippen LogP contribution in [-0.4, -0.2) is 5.78 Å². The van der Waals surface area contributed by atoms with Crippen molar-refractivity contribution >= 4 is 5.78 Å². The summed E-state index contributed by atoms with van der Waals surface area (Å²) < 4.78 is 0. The highest BCUT2D eigenvalue weighted by Gasteiger charge is 2.00. The van der Waals surface area contributed by atoms with Crippen molar-refractivity contribution in [3.8, 4) is 12.3 Å². The molecule has 0 aliphatic rings. The molecule has 0 spiro atoms. The quantitative estimate of drug-likeness (QED) is 0.358. The summed E-state index contributed by atoms with van der Waals surface area (Å²) in [6.45, 7) is 6.32. The Kier molecular flexibility index (Phi) is 6.84. The van der Waals surface area contributed by atoms with E-state index in [0.717, 1.165) is 12.8 Å². The van der Waals surface area contributed by atoms with Gasteiger partial charge in [-0.15, -0.1) is 12.3 Å². The molecule has 0 saturated heterocycles. The lowest BCUT2D eigenvalue weighted by Crippen LogP contribution is -1.96. The zero-order chi connectivity index (χ0) is 11.0. The maximum atomic E-state index is 11.4. The Morgan fingerprint density at radius 2 is 2.14 bits per heavy atom. The number of rotatable bonds is 6. The van der Waals surface area contributed by atoms with Crippen molar-refractivity contribution < 1.29 is 4.79 Å². The molecule has 0 N–H and O–H groups in total. The van der Waals surface area contributed by atoms with Gasteiger partial charge in [0.25, 0.3) is 0 Å². The summed E-state index contributed by atoms with van der Waals surface area (Å²) in [5, 5.41) is 0. The van der Waals surface area contributed by atoms with Crippen molar-refractivity contribution in [2.75, 3.05) is 0 Å². The fourth-order valence-electron chi connectivity index (χ4n) is 1.41. The van der Waals surface area contributed by atoms with E-state index in [4.69, 9.17) is 6.42 Å². The van der Waals surface area contributed by atoms with Crippen molar-refractivity contribution in [3.63, 3.8) is 0 Å². The monoisotopic (exact) mass is 192 g/mol. The topological polar surface area (TPSA) is 17.1 Å². The highest BCUT2D eigenvalue weighted by Crippen LogP contribution is 2.10. The van der Waals surface area contributed by atoms with Gasteiger partial charge in [0.1, 0.15) is 0 Å². The second-order valence-electron chi connectivity index (χ2n) is 4.11. The van der Waals surface area contributed by atoms with Crippen molar-refractivity contribution in [2.24, 2.45) is 5.92 Å². The second-order valence-corrected chi connectivity index (χ2v) is 4.11. The molecule has 1 heteroatoms. The van der Waals surface area contributed by atoms with Gasteiger partial charge in [-0.25, -0.2) is 0 Å². The van der Waals surface area contributed by atoms with E-state index in [0.29, 0.717) is 18.8 Å². The number of carbonyl (C=O) groups is 1. The van der Waals surface area contributed by atoms with Gasteiger partial charge in [-0.1, -0.05) is 19.4 Å². The molecule has 1 nitrogen and oxygen atoms in total. The fraction of sp³-hybridized carbons (Fsp3) is 0.615. The third-order valence-electron chi connectivity index (χ3n) is 1.88. The lowest BCUT2D eigenvalue weighted by atomic mass is 10.0. The van der Waals surface area contributed by atoms with Gasteiger partial charge in [-0.2, -0.15) is 0 Å². The van der Waals surface area contributed by atoms with Gasteiger partial charge in [-0.05, 0) is 31.8 Å². The van der Waals surface area contributed by atoms with Crippen LogP contribution in [0.25, 0.3) is 0 Å². The number of hydrogen-bond donors (Lipinski definition) is 0. The molecule has 0 aliphatic heterocycles. The van der Waals surface area contributed by atoms with Crippen molar-refractivity contribution in [2.45, 2.75) is 46.5 Å². The lowest BCUT2D eigenvalue weighted by Gasteiger charge is -2.03. The van der Waals surface area contributed by atoms with Gasteiger partial charge in [0.15, 0.2) is 5.78 Å². The first-order chi connectivity index (χ1) is 6.56. The Hall–Kier alpha value is -1.03. The number of terminal acetylenes is 1. The number of allylic oxidation sites excluding steroid dienone is 2. The minimum Gasteiger partial charge on any atom is -0.295 e. The van der Waals surface area contributed by atoms with Crippen molar-refractivity contribution in [3.05, 3.63) is 11.6 Å². The summed E-state index contributed by atoms with van der Waals surface area (Å²) in [5.74, 6) is 3.36. The van der Waals surface area contributed by atoms with E-state index in [2.05, 4.69) is 19.8 Å². The Morgan fingerprint density at radius 1 is 1.50 bits per heavy atom. The molecule has 0 radical (unpaired) electrons. The molecule has 0 aromatic carbocycles. The van der Waals surface area contributed by atoms with Crippen LogP contribution >= 0.6 is 0 Å². The largest absolute Gasteiger partial charge is 0.295 e. The van der Waals surface area contributed by atoms with E-state index in [-0.39, 0.29) is 5.78 Å². The van der Waals surface area contributed by atoms with E-state index in [1.54, 1.807) is 6.08 Å². The average Bonchev–Trinajstić information content (AvgIpc) is 2.02. The van der Waals surface area contributed by atoms with Gasteiger partial charge in [0.2, 0.25) is 0 Å². The summed E-state index contributed by atoms with van der Waals surface area (Å²) in [4.78, 5) is 11.4. The SMILES string of the molecule is C#CCCCC(=O)/C=C(\C)CC(C)C. The number of ketones is 1. The van der Waals surface area contributed by atoms with E-state index >= 15 is 0 Å². The third kappa shape index (κ3) is 7.61. The van der Waals surface area contributed by atoms with Crippen LogP contribution in [0.1, 0.15) is 46.5 Å². The maximum absolute atomic E-state index is 11.4. The van der Waals surface area contributed by atoms with Crippen LogP contribution in [0.5, 0.6) is 0 Å². The van der Waals surface area contributed by atoms with Crippen molar-refractivity contribution in [1.29, 1.82) is 0 Å². The minimum atomic E-state index is 0.207. The Balaban J connectivity index is 3.85. The Bertz CT molecular complexity index is 240. The molecule has 78 valence electrons. The predicted molar refractivity (Wildman–Crippen MR) is 60.9 cm³/mol. The molecule has 14 heavy (non-hydrogen) atoms. The van der Waals surface area contributed by atoms with E-state index in [9.17, 15) is 4.79 Å². The average molecular weight is 192 g/mol. The second kappa shape index (κ2) is 7.38. The van der Waals surface area contributed by atoms with E-state index in [1.807, 2.05) is 6.92 Å². The first-order valence-corrected chi connectivity index (χ1v) is 5.19. The van der Waals surface area contributed by atoms with Crippen LogP contribution in [0, 0.1) is 18.3 Å². The molecule has 0 bridgehead atoms. The molecule has 0 aromatic heterocycles. The molecule has 0 atom stereocenters. The molecule has 0 heterocycles. The molecule has 0 aromatic rings. The Morgan fingerprint density at radius 3 is 2.64 bits per heavy atom. The zero-order valence-electron chi connectivity index (χ0n) is 9.47. The molecule has 0 rings (SSSR count). The van der Waals surface area contributed by atoms with Gasteiger partial charge < -0.3 is 0 Å². The maximum Gasteiger partial charge on any atom is 0.155 e. The van der Waals surface area contributed by atoms with E-state index < -0.39 is 0 Å². The number of unbranched alkanes of at least 4 members (excludes halogenated alkanes) is 1. The van der Waals surface area contributed by atoms with Gasteiger partial charge >= 0.3 is 0 Å². The fourth-order valence-corrected chi connectivity index (χ4v) is 1.41. The van der Waals surface area contributed by atoms with Crippen LogP contribution in [0.3, 0.4) is 0 Å². The summed E-state index contributed by atoms with van der Waals surface area (Å²) in [5.41, 5.74) is 1.17. The van der Waals surface area contributed by atoms with Crippen LogP contribution in [0.2, 0.25) is 0 Å². The van der Waals surface area contributed by atoms with Gasteiger partial charge in [0, 0.05) is 12.8 Å². The summed E-state index contributed by atoms with van der Waals surface area (Å²) in [6.07, 6.45) is 9.95. The molecule has 0 fully saturated rings. The number of hydrogen-bond acceptors (Lipinski definition) is 1. The van der Waals surface area contributed by atoms with Crippen molar-refractivity contribution in [1.82, 2.24) is 0 Å². The number of carbonyl (C=O) groups excluding carboxylic acids is 1.